The van der Waals surface area contributed by atoms with Crippen molar-refractivity contribution in [3.63, 3.8) is 0 Å². The molecule has 1 amide bonds. The number of carbonyl (C=O) groups is 1. The van der Waals surface area contributed by atoms with Crippen LogP contribution in [-0.2, 0) is 4.79 Å². The summed E-state index contributed by atoms with van der Waals surface area (Å²) in [6, 6.07) is 2.47. The quantitative estimate of drug-likeness (QED) is 0.845. The Morgan fingerprint density at radius 2 is 2.05 bits per heavy atom. The van der Waals surface area contributed by atoms with E-state index in [2.05, 4.69) is 21.2 Å². The van der Waals surface area contributed by atoms with Crippen LogP contribution < -0.4 is 10.1 Å². The van der Waals surface area contributed by atoms with Crippen LogP contribution in [0.25, 0.3) is 0 Å². The zero-order valence-electron chi connectivity index (χ0n) is 11.1. The molecule has 20 heavy (non-hydrogen) atoms. The highest BCUT2D eigenvalue weighted by molar-refractivity contribution is 9.10. The molecular formula is C14H16BrF2NO2. The zero-order chi connectivity index (χ0) is 14.7. The van der Waals surface area contributed by atoms with E-state index in [9.17, 15) is 13.6 Å². The van der Waals surface area contributed by atoms with E-state index < -0.39 is 17.7 Å². The second-order valence-corrected chi connectivity index (χ2v) is 5.87. The number of nitrogens with one attached hydrogen (secondary N) is 1. The minimum Gasteiger partial charge on any atom is -0.478 e. The van der Waals surface area contributed by atoms with Gasteiger partial charge < -0.3 is 10.1 Å². The molecule has 1 aromatic rings. The molecule has 6 heteroatoms. The summed E-state index contributed by atoms with van der Waals surface area (Å²) in [7, 11) is 0. The molecule has 1 N–H and O–H groups in total. The van der Waals surface area contributed by atoms with Crippen LogP contribution in [0.1, 0.15) is 32.6 Å². The standard InChI is InChI=1S/C14H16BrF2NO2/c1-8(14(19)18-10-4-2-3-5-10)20-12-7-9(15)6-11(16)13(12)17/h6-8,10H,2-5H2,1H3,(H,18,19). The summed E-state index contributed by atoms with van der Waals surface area (Å²) in [4.78, 5) is 11.9. The van der Waals surface area contributed by atoms with Gasteiger partial charge in [0, 0.05) is 10.5 Å². The van der Waals surface area contributed by atoms with Crippen molar-refractivity contribution in [1.82, 2.24) is 5.32 Å². The van der Waals surface area contributed by atoms with Gasteiger partial charge in [-0.3, -0.25) is 4.79 Å². The Morgan fingerprint density at radius 1 is 1.40 bits per heavy atom. The minimum absolute atomic E-state index is 0.164. The van der Waals surface area contributed by atoms with E-state index >= 15 is 0 Å². The van der Waals surface area contributed by atoms with Crippen molar-refractivity contribution in [2.75, 3.05) is 0 Å². The first-order valence-corrected chi connectivity index (χ1v) is 7.38. The van der Waals surface area contributed by atoms with Crippen LogP contribution in [0.3, 0.4) is 0 Å². The number of hydrogen-bond acceptors (Lipinski definition) is 2. The third-order valence-corrected chi connectivity index (χ3v) is 3.79. The van der Waals surface area contributed by atoms with Crippen LogP contribution in [0.4, 0.5) is 8.78 Å². The number of benzene rings is 1. The van der Waals surface area contributed by atoms with E-state index in [4.69, 9.17) is 4.74 Å². The van der Waals surface area contributed by atoms with Crippen molar-refractivity contribution in [2.45, 2.75) is 44.8 Å². The molecule has 2 rings (SSSR count). The Morgan fingerprint density at radius 3 is 2.70 bits per heavy atom. The molecule has 0 bridgehead atoms. The average Bonchev–Trinajstić information content (AvgIpc) is 2.88. The maximum absolute atomic E-state index is 13.6. The molecule has 1 saturated carbocycles. The summed E-state index contributed by atoms with van der Waals surface area (Å²) in [6.07, 6.45) is 3.24. The van der Waals surface area contributed by atoms with Crippen molar-refractivity contribution < 1.29 is 18.3 Å². The monoisotopic (exact) mass is 347 g/mol. The van der Waals surface area contributed by atoms with Crippen LogP contribution >= 0.6 is 15.9 Å². The third-order valence-electron chi connectivity index (χ3n) is 3.33. The topological polar surface area (TPSA) is 38.3 Å². The van der Waals surface area contributed by atoms with Gasteiger partial charge in [-0.05, 0) is 31.9 Å². The van der Waals surface area contributed by atoms with Gasteiger partial charge in [-0.1, -0.05) is 28.8 Å². The van der Waals surface area contributed by atoms with E-state index in [1.807, 2.05) is 0 Å². The molecule has 0 spiro atoms. The Hall–Kier alpha value is -1.17. The first-order chi connectivity index (χ1) is 9.47. The highest BCUT2D eigenvalue weighted by atomic mass is 79.9. The van der Waals surface area contributed by atoms with Crippen molar-refractivity contribution >= 4 is 21.8 Å². The lowest BCUT2D eigenvalue weighted by Gasteiger charge is -2.18. The molecule has 0 saturated heterocycles. The third kappa shape index (κ3) is 3.69. The lowest BCUT2D eigenvalue weighted by molar-refractivity contribution is -0.128. The predicted molar refractivity (Wildman–Crippen MR) is 74.5 cm³/mol. The Kier molecular flexibility index (Phi) is 4.96. The summed E-state index contributed by atoms with van der Waals surface area (Å²) in [5.74, 6) is -2.69. The average molecular weight is 348 g/mol. The van der Waals surface area contributed by atoms with Gasteiger partial charge in [0.05, 0.1) is 0 Å². The van der Waals surface area contributed by atoms with E-state index in [1.165, 1.54) is 13.0 Å². The minimum atomic E-state index is -1.09. The Balaban J connectivity index is 1.99. The molecule has 0 heterocycles. The lowest BCUT2D eigenvalue weighted by atomic mass is 10.2. The maximum Gasteiger partial charge on any atom is 0.260 e. The van der Waals surface area contributed by atoms with Crippen LogP contribution in [0, 0.1) is 11.6 Å². The second-order valence-electron chi connectivity index (χ2n) is 4.95. The first kappa shape index (κ1) is 15.2. The van der Waals surface area contributed by atoms with E-state index in [0.29, 0.717) is 4.47 Å². The van der Waals surface area contributed by atoms with E-state index in [-0.39, 0.29) is 17.7 Å². The Labute approximate surface area is 124 Å². The lowest BCUT2D eigenvalue weighted by Crippen LogP contribution is -2.41. The molecule has 1 fully saturated rings. The van der Waals surface area contributed by atoms with Crippen molar-refractivity contribution in [2.24, 2.45) is 0 Å². The first-order valence-electron chi connectivity index (χ1n) is 6.59. The highest BCUT2D eigenvalue weighted by Gasteiger charge is 2.23. The van der Waals surface area contributed by atoms with Crippen LogP contribution in [0.5, 0.6) is 5.75 Å². The molecule has 0 aromatic heterocycles. The summed E-state index contributed by atoms with van der Waals surface area (Å²) >= 11 is 3.06. The number of hydrogen-bond donors (Lipinski definition) is 1. The zero-order valence-corrected chi connectivity index (χ0v) is 12.7. The number of carbonyl (C=O) groups excluding carboxylic acids is 1. The van der Waals surface area contributed by atoms with Crippen molar-refractivity contribution in [3.8, 4) is 5.75 Å². The molecule has 0 radical (unpaired) electrons. The number of rotatable bonds is 4. The molecule has 1 aliphatic rings. The van der Waals surface area contributed by atoms with Gasteiger partial charge in [-0.25, -0.2) is 4.39 Å². The van der Waals surface area contributed by atoms with Crippen molar-refractivity contribution in [3.05, 3.63) is 28.2 Å². The fourth-order valence-corrected chi connectivity index (χ4v) is 2.66. The molecule has 1 aliphatic carbocycles. The van der Waals surface area contributed by atoms with Crippen LogP contribution in [0.2, 0.25) is 0 Å². The van der Waals surface area contributed by atoms with Gasteiger partial charge in [0.25, 0.3) is 5.91 Å². The number of halogens is 3. The predicted octanol–water partition coefficient (Wildman–Crippen LogP) is 3.55. The molecule has 1 atom stereocenters. The van der Waals surface area contributed by atoms with Crippen LogP contribution in [0.15, 0.2) is 16.6 Å². The van der Waals surface area contributed by atoms with Gasteiger partial charge in [-0.2, -0.15) is 4.39 Å². The molecule has 110 valence electrons. The highest BCUT2D eigenvalue weighted by Crippen LogP contribution is 2.26. The fraction of sp³-hybridized carbons (Fsp3) is 0.500. The van der Waals surface area contributed by atoms with Crippen molar-refractivity contribution in [1.29, 1.82) is 0 Å². The molecule has 1 unspecified atom stereocenters. The SMILES string of the molecule is CC(Oc1cc(Br)cc(F)c1F)C(=O)NC1CCCC1. The maximum atomic E-state index is 13.6. The van der Waals surface area contributed by atoms with E-state index in [0.717, 1.165) is 31.7 Å². The van der Waals surface area contributed by atoms with Gasteiger partial charge in [0.15, 0.2) is 17.7 Å². The van der Waals surface area contributed by atoms with Gasteiger partial charge >= 0.3 is 0 Å². The van der Waals surface area contributed by atoms with E-state index in [1.54, 1.807) is 0 Å². The van der Waals surface area contributed by atoms with Crippen LogP contribution in [-0.4, -0.2) is 18.1 Å². The largest absolute Gasteiger partial charge is 0.478 e. The summed E-state index contributed by atoms with van der Waals surface area (Å²) in [5.41, 5.74) is 0. The number of ether oxygens (including phenoxy) is 1. The molecular weight excluding hydrogens is 332 g/mol. The summed E-state index contributed by atoms with van der Waals surface area (Å²) < 4.78 is 32.4. The van der Waals surface area contributed by atoms with Gasteiger partial charge in [0.2, 0.25) is 5.82 Å². The van der Waals surface area contributed by atoms with Gasteiger partial charge in [0.1, 0.15) is 0 Å². The van der Waals surface area contributed by atoms with Gasteiger partial charge in [-0.15, -0.1) is 0 Å². The normalized spacial score (nSPS) is 17.0. The Bertz CT molecular complexity index is 504. The summed E-state index contributed by atoms with van der Waals surface area (Å²) in [5, 5.41) is 2.86. The molecule has 0 aliphatic heterocycles. The number of amides is 1. The second kappa shape index (κ2) is 6.52. The summed E-state index contributed by atoms with van der Waals surface area (Å²) in [6.45, 7) is 1.52. The fourth-order valence-electron chi connectivity index (χ4n) is 2.25. The molecule has 1 aromatic carbocycles. The smallest absolute Gasteiger partial charge is 0.260 e. The molecule has 3 nitrogen and oxygen atoms in total.